The van der Waals surface area contributed by atoms with Crippen LogP contribution in [0.3, 0.4) is 0 Å². The first-order chi connectivity index (χ1) is 9.76. The predicted molar refractivity (Wildman–Crippen MR) is 59.7 cm³/mol. The SMILES string of the molecule is C[C@@H]1O[C@@H](O)[C@H]2[C@@H]1[C@@]1(C(F)(F)F)N=N[C@]2(C(F)(F)F)C1(C)C. The Balaban J connectivity index is 2.35. The highest BCUT2D eigenvalue weighted by Gasteiger charge is 2.93. The third kappa shape index (κ3) is 1.27. The molecule has 0 unspecified atom stereocenters. The van der Waals surface area contributed by atoms with E-state index in [-0.39, 0.29) is 0 Å². The maximum Gasteiger partial charge on any atom is 0.416 e. The van der Waals surface area contributed by atoms with Gasteiger partial charge in [0.25, 0.3) is 0 Å². The van der Waals surface area contributed by atoms with Crippen molar-refractivity contribution in [1.29, 1.82) is 0 Å². The number of nitrogens with zero attached hydrogens (tertiary/aromatic N) is 2. The van der Waals surface area contributed by atoms with Gasteiger partial charge in [-0.25, -0.2) is 0 Å². The number of aliphatic hydroxyl groups is 1. The Morgan fingerprint density at radius 2 is 1.32 bits per heavy atom. The summed E-state index contributed by atoms with van der Waals surface area (Å²) in [5, 5.41) is 16.0. The molecule has 1 N–H and O–H groups in total. The average molecular weight is 332 g/mol. The molecular formula is C12H14F6N2O2. The number of azo groups is 1. The fourth-order valence-electron chi connectivity index (χ4n) is 4.79. The fraction of sp³-hybridized carbons (Fsp3) is 1.00. The molecule has 2 bridgehead atoms. The number of ether oxygens (including phenoxy) is 1. The first-order valence-electron chi connectivity index (χ1n) is 6.67. The molecule has 0 amide bonds. The van der Waals surface area contributed by atoms with Crippen LogP contribution in [0.1, 0.15) is 20.8 Å². The highest BCUT2D eigenvalue weighted by atomic mass is 19.4. The van der Waals surface area contributed by atoms with Crippen molar-refractivity contribution >= 4 is 0 Å². The molecule has 6 atom stereocenters. The van der Waals surface area contributed by atoms with Crippen molar-refractivity contribution in [2.75, 3.05) is 0 Å². The number of aliphatic hydroxyl groups excluding tert-OH is 1. The summed E-state index contributed by atoms with van der Waals surface area (Å²) >= 11 is 0. The highest BCUT2D eigenvalue weighted by molar-refractivity contribution is 5.35. The Morgan fingerprint density at radius 1 is 0.909 bits per heavy atom. The molecule has 0 spiro atoms. The first kappa shape index (κ1) is 16.0. The van der Waals surface area contributed by atoms with Crippen molar-refractivity contribution in [3.05, 3.63) is 0 Å². The van der Waals surface area contributed by atoms with Crippen LogP contribution in [0.25, 0.3) is 0 Å². The van der Waals surface area contributed by atoms with E-state index in [1.54, 1.807) is 0 Å². The molecular weight excluding hydrogens is 318 g/mol. The van der Waals surface area contributed by atoms with E-state index >= 15 is 0 Å². The zero-order chi connectivity index (χ0) is 16.9. The standard InChI is InChI=1S/C12H14F6N2O2/c1-4-5-6(7(21)22-4)10(12(16,17)18)8(2,3)9(5,19-20-10)11(13,14)15/h4-7,21H,1-3H3/t4-,5+,6+,7+,9+,10-/m0/s1. The number of halogens is 6. The largest absolute Gasteiger partial charge is 0.416 e. The van der Waals surface area contributed by atoms with Gasteiger partial charge in [0.15, 0.2) is 17.4 Å². The molecule has 1 aliphatic carbocycles. The lowest BCUT2D eigenvalue weighted by molar-refractivity contribution is -0.256. The summed E-state index contributed by atoms with van der Waals surface area (Å²) in [4.78, 5) is 0. The van der Waals surface area contributed by atoms with E-state index in [0.29, 0.717) is 0 Å². The van der Waals surface area contributed by atoms with E-state index in [1.165, 1.54) is 6.92 Å². The molecule has 10 heteroatoms. The van der Waals surface area contributed by atoms with Crippen LogP contribution in [0.4, 0.5) is 26.3 Å². The maximum atomic E-state index is 13.8. The van der Waals surface area contributed by atoms with Gasteiger partial charge in [-0.15, -0.1) is 0 Å². The van der Waals surface area contributed by atoms with Crippen LogP contribution in [0.5, 0.6) is 0 Å². The van der Waals surface area contributed by atoms with Crippen molar-refractivity contribution < 1.29 is 36.2 Å². The molecule has 0 aromatic heterocycles. The van der Waals surface area contributed by atoms with E-state index in [0.717, 1.165) is 13.8 Å². The minimum atomic E-state index is -5.10. The quantitative estimate of drug-likeness (QED) is 0.693. The molecule has 2 aliphatic heterocycles. The van der Waals surface area contributed by atoms with Crippen molar-refractivity contribution in [1.82, 2.24) is 0 Å². The van der Waals surface area contributed by atoms with E-state index in [9.17, 15) is 31.4 Å². The minimum absolute atomic E-state index is 0.867. The Labute approximate surface area is 121 Å². The zero-order valence-corrected chi connectivity index (χ0v) is 11.8. The predicted octanol–water partition coefficient (Wildman–Crippen LogP) is 3.06. The van der Waals surface area contributed by atoms with Gasteiger partial charge < -0.3 is 9.84 Å². The number of fused-ring (bicyclic) bond motifs is 5. The van der Waals surface area contributed by atoms with E-state index in [1.807, 2.05) is 0 Å². The second kappa shape index (κ2) is 3.77. The summed E-state index contributed by atoms with van der Waals surface area (Å²) in [5.74, 6) is -3.48. The van der Waals surface area contributed by atoms with Gasteiger partial charge in [-0.05, 0) is 6.92 Å². The first-order valence-corrected chi connectivity index (χ1v) is 6.67. The summed E-state index contributed by atoms with van der Waals surface area (Å²) in [6, 6.07) is 0. The lowest BCUT2D eigenvalue weighted by Gasteiger charge is -2.43. The summed E-state index contributed by atoms with van der Waals surface area (Å²) in [7, 11) is 0. The number of rotatable bonds is 0. The number of hydrogen-bond donors (Lipinski definition) is 1. The second-order valence-electron chi connectivity index (χ2n) is 6.64. The summed E-state index contributed by atoms with van der Waals surface area (Å²) < 4.78 is 87.5. The van der Waals surface area contributed by atoms with Gasteiger partial charge >= 0.3 is 12.4 Å². The molecule has 4 nitrogen and oxygen atoms in total. The van der Waals surface area contributed by atoms with Crippen LogP contribution in [0.15, 0.2) is 10.2 Å². The van der Waals surface area contributed by atoms with Gasteiger partial charge in [0.05, 0.1) is 12.0 Å². The Bertz CT molecular complexity index is 501. The van der Waals surface area contributed by atoms with Crippen molar-refractivity contribution in [2.24, 2.45) is 27.5 Å². The van der Waals surface area contributed by atoms with Crippen LogP contribution < -0.4 is 0 Å². The normalized spacial score (nSPS) is 49.7. The van der Waals surface area contributed by atoms with Crippen LogP contribution in [0.2, 0.25) is 0 Å². The zero-order valence-electron chi connectivity index (χ0n) is 11.8. The van der Waals surface area contributed by atoms with E-state index in [4.69, 9.17) is 4.74 Å². The molecule has 3 aliphatic rings. The molecule has 0 aromatic carbocycles. The van der Waals surface area contributed by atoms with E-state index < -0.39 is 53.1 Å². The van der Waals surface area contributed by atoms with Gasteiger partial charge in [-0.2, -0.15) is 36.6 Å². The summed E-state index contributed by atoms with van der Waals surface area (Å²) in [6.07, 6.45) is -13.3. The van der Waals surface area contributed by atoms with Crippen LogP contribution in [-0.2, 0) is 4.74 Å². The van der Waals surface area contributed by atoms with Gasteiger partial charge in [0, 0.05) is 11.3 Å². The second-order valence-corrected chi connectivity index (χ2v) is 6.64. The molecule has 126 valence electrons. The number of alkyl halides is 6. The van der Waals surface area contributed by atoms with Crippen LogP contribution >= 0.6 is 0 Å². The number of hydrogen-bond acceptors (Lipinski definition) is 4. The van der Waals surface area contributed by atoms with Gasteiger partial charge in [-0.3, -0.25) is 0 Å². The summed E-state index contributed by atoms with van der Waals surface area (Å²) in [5.41, 5.74) is -8.54. The average Bonchev–Trinajstić information content (AvgIpc) is 2.80. The van der Waals surface area contributed by atoms with Gasteiger partial charge in [0.2, 0.25) is 0 Å². The smallest absolute Gasteiger partial charge is 0.368 e. The Kier molecular flexibility index (Phi) is 2.74. The van der Waals surface area contributed by atoms with Crippen LogP contribution in [-0.4, -0.2) is 40.9 Å². The molecule has 2 heterocycles. The van der Waals surface area contributed by atoms with E-state index in [2.05, 4.69) is 10.2 Å². The van der Waals surface area contributed by atoms with Crippen molar-refractivity contribution in [3.8, 4) is 0 Å². The monoisotopic (exact) mass is 332 g/mol. The topological polar surface area (TPSA) is 54.2 Å². The van der Waals surface area contributed by atoms with Crippen molar-refractivity contribution in [2.45, 2.75) is 56.6 Å². The van der Waals surface area contributed by atoms with Crippen LogP contribution in [0, 0.1) is 17.3 Å². The molecule has 1 saturated carbocycles. The Hall–Kier alpha value is -0.900. The lowest BCUT2D eigenvalue weighted by atomic mass is 9.65. The molecule has 1 saturated heterocycles. The fourth-order valence-corrected chi connectivity index (χ4v) is 4.79. The maximum absolute atomic E-state index is 13.8. The minimum Gasteiger partial charge on any atom is -0.368 e. The van der Waals surface area contributed by atoms with Gasteiger partial charge in [-0.1, -0.05) is 13.8 Å². The lowest BCUT2D eigenvalue weighted by Crippen LogP contribution is -2.61. The summed E-state index contributed by atoms with van der Waals surface area (Å²) in [6.45, 7) is 2.95. The molecule has 3 rings (SSSR count). The van der Waals surface area contributed by atoms with Crippen molar-refractivity contribution in [3.63, 3.8) is 0 Å². The van der Waals surface area contributed by atoms with Gasteiger partial charge in [0.1, 0.15) is 0 Å². The molecule has 0 radical (unpaired) electrons. The Morgan fingerprint density at radius 3 is 1.73 bits per heavy atom. The molecule has 2 fully saturated rings. The molecule has 0 aromatic rings. The molecule has 22 heavy (non-hydrogen) atoms. The third-order valence-corrected chi connectivity index (χ3v) is 5.65. The third-order valence-electron chi connectivity index (χ3n) is 5.65. The highest BCUT2D eigenvalue weighted by Crippen LogP contribution is 2.77.